The lowest BCUT2D eigenvalue weighted by Gasteiger charge is -2.36. The molecule has 0 aromatic rings. The van der Waals surface area contributed by atoms with E-state index in [2.05, 4.69) is 36.3 Å². The average molecular weight is 253 g/mol. The molecule has 1 aliphatic carbocycles. The Kier molecular flexibility index (Phi) is 5.46. The Morgan fingerprint density at radius 3 is 2.33 bits per heavy atom. The summed E-state index contributed by atoms with van der Waals surface area (Å²) in [7, 11) is 6.60. The van der Waals surface area contributed by atoms with Crippen molar-refractivity contribution in [1.82, 2.24) is 15.1 Å². The summed E-state index contributed by atoms with van der Waals surface area (Å²) in [5.74, 6) is 0. The summed E-state index contributed by atoms with van der Waals surface area (Å²) in [4.78, 5) is 5.16. The molecule has 1 N–H and O–H groups in total. The zero-order chi connectivity index (χ0) is 13.0. The molecular weight excluding hydrogens is 222 g/mol. The maximum absolute atomic E-state index is 3.59. The first-order valence-corrected chi connectivity index (χ1v) is 7.80. The molecule has 0 radical (unpaired) electrons. The van der Waals surface area contributed by atoms with E-state index in [0.717, 1.165) is 12.1 Å². The van der Waals surface area contributed by atoms with Crippen LogP contribution in [0.2, 0.25) is 0 Å². The third-order valence-electron chi connectivity index (χ3n) is 4.99. The predicted molar refractivity (Wildman–Crippen MR) is 78.0 cm³/mol. The van der Waals surface area contributed by atoms with E-state index in [1.807, 2.05) is 0 Å². The quantitative estimate of drug-likeness (QED) is 0.829. The molecule has 1 heterocycles. The van der Waals surface area contributed by atoms with E-state index < -0.39 is 0 Å². The van der Waals surface area contributed by atoms with Crippen LogP contribution in [0, 0.1) is 0 Å². The highest BCUT2D eigenvalue weighted by Gasteiger charge is 2.33. The molecule has 18 heavy (non-hydrogen) atoms. The Bertz CT molecular complexity index is 242. The van der Waals surface area contributed by atoms with Gasteiger partial charge in [-0.3, -0.25) is 4.90 Å². The monoisotopic (exact) mass is 253 g/mol. The Morgan fingerprint density at radius 1 is 1.00 bits per heavy atom. The number of hydrogen-bond acceptors (Lipinski definition) is 3. The molecule has 0 bridgehead atoms. The molecular formula is C15H31N3. The normalized spacial score (nSPS) is 35.7. The van der Waals surface area contributed by atoms with E-state index in [4.69, 9.17) is 0 Å². The van der Waals surface area contributed by atoms with Crippen molar-refractivity contribution in [2.45, 2.75) is 63.1 Å². The Hall–Kier alpha value is -0.120. The largest absolute Gasteiger partial charge is 0.315 e. The number of rotatable bonds is 3. The molecule has 2 fully saturated rings. The number of hydrogen-bond donors (Lipinski definition) is 1. The van der Waals surface area contributed by atoms with Crippen LogP contribution in [0.4, 0.5) is 0 Å². The number of likely N-dealkylation sites (tertiary alicyclic amines) is 1. The second kappa shape index (κ2) is 6.88. The minimum absolute atomic E-state index is 0.714. The summed E-state index contributed by atoms with van der Waals surface area (Å²) < 4.78 is 0. The summed E-state index contributed by atoms with van der Waals surface area (Å²) >= 11 is 0. The Morgan fingerprint density at radius 2 is 1.72 bits per heavy atom. The lowest BCUT2D eigenvalue weighted by molar-refractivity contribution is 0.154. The smallest absolute Gasteiger partial charge is 0.0249 e. The molecule has 0 aromatic carbocycles. The van der Waals surface area contributed by atoms with Crippen molar-refractivity contribution in [2.75, 3.05) is 34.2 Å². The van der Waals surface area contributed by atoms with E-state index >= 15 is 0 Å². The van der Waals surface area contributed by atoms with Gasteiger partial charge in [0.2, 0.25) is 0 Å². The van der Waals surface area contributed by atoms with E-state index in [1.54, 1.807) is 0 Å². The summed E-state index contributed by atoms with van der Waals surface area (Å²) in [6, 6.07) is 2.26. The van der Waals surface area contributed by atoms with Crippen LogP contribution in [0.3, 0.4) is 0 Å². The van der Waals surface area contributed by atoms with Gasteiger partial charge in [0, 0.05) is 31.2 Å². The van der Waals surface area contributed by atoms with Gasteiger partial charge >= 0.3 is 0 Å². The maximum Gasteiger partial charge on any atom is 0.0249 e. The fraction of sp³-hybridized carbons (Fsp3) is 1.00. The molecule has 0 spiro atoms. The van der Waals surface area contributed by atoms with Gasteiger partial charge in [-0.25, -0.2) is 0 Å². The summed E-state index contributed by atoms with van der Waals surface area (Å²) in [5, 5.41) is 3.59. The zero-order valence-corrected chi connectivity index (χ0v) is 12.5. The van der Waals surface area contributed by atoms with Gasteiger partial charge in [-0.15, -0.1) is 0 Å². The van der Waals surface area contributed by atoms with Crippen LogP contribution in [0.5, 0.6) is 0 Å². The Labute approximate surface area is 113 Å². The molecule has 1 aliphatic heterocycles. The summed E-state index contributed by atoms with van der Waals surface area (Å²) in [6.07, 6.45) is 9.82. The van der Waals surface area contributed by atoms with Crippen molar-refractivity contribution in [3.63, 3.8) is 0 Å². The molecule has 3 heteroatoms. The van der Waals surface area contributed by atoms with Crippen LogP contribution in [0.25, 0.3) is 0 Å². The van der Waals surface area contributed by atoms with Gasteiger partial charge in [0.1, 0.15) is 0 Å². The average Bonchev–Trinajstić information content (AvgIpc) is 2.78. The zero-order valence-electron chi connectivity index (χ0n) is 12.5. The number of nitrogens with zero attached hydrogens (tertiary/aromatic N) is 2. The Balaban J connectivity index is 1.95. The van der Waals surface area contributed by atoms with Crippen LogP contribution in [0.1, 0.15) is 44.9 Å². The molecule has 0 amide bonds. The predicted octanol–water partition coefficient (Wildman–Crippen LogP) is 1.93. The summed E-state index contributed by atoms with van der Waals surface area (Å²) in [5.41, 5.74) is 0. The first kappa shape index (κ1) is 14.3. The van der Waals surface area contributed by atoms with Crippen molar-refractivity contribution in [1.29, 1.82) is 0 Å². The third kappa shape index (κ3) is 3.46. The molecule has 3 nitrogen and oxygen atoms in total. The van der Waals surface area contributed by atoms with Crippen LogP contribution in [-0.2, 0) is 0 Å². The van der Waals surface area contributed by atoms with Crippen molar-refractivity contribution in [2.24, 2.45) is 0 Å². The first-order chi connectivity index (χ1) is 8.72. The van der Waals surface area contributed by atoms with E-state index in [1.165, 1.54) is 58.0 Å². The fourth-order valence-electron chi connectivity index (χ4n) is 3.73. The standard InChI is InChI=1S/C15H31N3/c1-16-14-8-6-4-5-7-9-15(14)18-11-10-13(12-18)17(2)3/h13-16H,4-12H2,1-3H3. The van der Waals surface area contributed by atoms with Gasteiger partial charge < -0.3 is 10.2 Å². The number of nitrogens with one attached hydrogen (secondary N) is 1. The SMILES string of the molecule is CNC1CCCCCCC1N1CCC(N(C)C)C1. The van der Waals surface area contributed by atoms with Crippen molar-refractivity contribution in [3.8, 4) is 0 Å². The highest BCUT2D eigenvalue weighted by atomic mass is 15.3. The van der Waals surface area contributed by atoms with E-state index in [9.17, 15) is 0 Å². The van der Waals surface area contributed by atoms with Crippen molar-refractivity contribution < 1.29 is 0 Å². The van der Waals surface area contributed by atoms with Crippen LogP contribution in [0.15, 0.2) is 0 Å². The molecule has 2 rings (SSSR count). The lowest BCUT2D eigenvalue weighted by Crippen LogP contribution is -2.49. The van der Waals surface area contributed by atoms with Crippen LogP contribution < -0.4 is 5.32 Å². The van der Waals surface area contributed by atoms with Gasteiger partial charge in [0.15, 0.2) is 0 Å². The molecule has 3 unspecified atom stereocenters. The topological polar surface area (TPSA) is 18.5 Å². The van der Waals surface area contributed by atoms with E-state index in [0.29, 0.717) is 6.04 Å². The highest BCUT2D eigenvalue weighted by Crippen LogP contribution is 2.25. The second-order valence-electron chi connectivity index (χ2n) is 6.36. The molecule has 106 valence electrons. The molecule has 0 aromatic heterocycles. The van der Waals surface area contributed by atoms with Gasteiger partial charge in [0.05, 0.1) is 0 Å². The van der Waals surface area contributed by atoms with Crippen molar-refractivity contribution >= 4 is 0 Å². The second-order valence-corrected chi connectivity index (χ2v) is 6.36. The van der Waals surface area contributed by atoms with Gasteiger partial charge in [0.25, 0.3) is 0 Å². The minimum Gasteiger partial charge on any atom is -0.315 e. The molecule has 1 saturated heterocycles. The number of likely N-dealkylation sites (N-methyl/N-ethyl adjacent to an activating group) is 2. The van der Waals surface area contributed by atoms with Crippen LogP contribution in [-0.4, -0.2) is 62.2 Å². The fourth-order valence-corrected chi connectivity index (χ4v) is 3.73. The third-order valence-corrected chi connectivity index (χ3v) is 4.99. The van der Waals surface area contributed by atoms with E-state index in [-0.39, 0.29) is 0 Å². The molecule has 2 aliphatic rings. The minimum atomic E-state index is 0.714. The lowest BCUT2D eigenvalue weighted by atomic mass is 9.91. The van der Waals surface area contributed by atoms with Crippen molar-refractivity contribution in [3.05, 3.63) is 0 Å². The molecule has 3 atom stereocenters. The first-order valence-electron chi connectivity index (χ1n) is 7.80. The maximum atomic E-state index is 3.59. The van der Waals surface area contributed by atoms with Gasteiger partial charge in [-0.2, -0.15) is 0 Å². The highest BCUT2D eigenvalue weighted by molar-refractivity contribution is 4.91. The van der Waals surface area contributed by atoms with Gasteiger partial charge in [-0.05, 0) is 40.4 Å². The molecule has 1 saturated carbocycles. The van der Waals surface area contributed by atoms with Crippen LogP contribution >= 0.6 is 0 Å². The van der Waals surface area contributed by atoms with Gasteiger partial charge in [-0.1, -0.05) is 25.7 Å². The summed E-state index contributed by atoms with van der Waals surface area (Å²) in [6.45, 7) is 2.57.